The highest BCUT2D eigenvalue weighted by Crippen LogP contribution is 2.49. The summed E-state index contributed by atoms with van der Waals surface area (Å²) >= 11 is 6.09. The molecule has 2 aromatic heterocycles. The van der Waals surface area contributed by atoms with Gasteiger partial charge in [0.05, 0.1) is 35.8 Å². The van der Waals surface area contributed by atoms with Crippen molar-refractivity contribution in [3.05, 3.63) is 35.6 Å². The normalized spacial score (nSPS) is 17.6. The summed E-state index contributed by atoms with van der Waals surface area (Å²) in [6.45, 7) is 1.59. The number of pyridine rings is 1. The lowest BCUT2D eigenvalue weighted by Gasteiger charge is -2.19. The van der Waals surface area contributed by atoms with Crippen LogP contribution in [0.2, 0.25) is 5.15 Å². The van der Waals surface area contributed by atoms with E-state index in [9.17, 15) is 26.4 Å². The molecule has 2 heterocycles. The topological polar surface area (TPSA) is 109 Å². The molecule has 2 aromatic rings. The third-order valence-corrected chi connectivity index (χ3v) is 6.40. The monoisotopic (exact) mass is 463 g/mol. The highest BCUT2D eigenvalue weighted by molar-refractivity contribution is 7.92. The third-order valence-electron chi connectivity index (χ3n) is 4.49. The number of sulfone groups is 1. The number of alkyl halides is 2. The van der Waals surface area contributed by atoms with Crippen molar-refractivity contribution >= 4 is 38.7 Å². The lowest BCUT2D eigenvalue weighted by atomic mass is 10.3. The van der Waals surface area contributed by atoms with Crippen molar-refractivity contribution in [3.8, 4) is 5.69 Å². The minimum atomic E-state index is -4.07. The van der Waals surface area contributed by atoms with Crippen LogP contribution in [0.3, 0.4) is 0 Å². The number of halogens is 4. The molecular weight excluding hydrogens is 447 g/mol. The van der Waals surface area contributed by atoms with Crippen LogP contribution in [0.25, 0.3) is 5.69 Å². The smallest absolute Gasteiger partial charge is 0.273 e. The van der Waals surface area contributed by atoms with Crippen LogP contribution in [-0.2, 0) is 14.6 Å². The van der Waals surface area contributed by atoms with Gasteiger partial charge in [-0.15, -0.1) is 0 Å². The van der Waals surface area contributed by atoms with Crippen LogP contribution in [0, 0.1) is 17.1 Å². The number of amides is 1. The van der Waals surface area contributed by atoms with Crippen LogP contribution >= 0.6 is 11.6 Å². The second kappa shape index (κ2) is 7.99. The largest absolute Gasteiger partial charge is 0.303 e. The fourth-order valence-electron chi connectivity index (χ4n) is 2.87. The molecule has 0 aliphatic heterocycles. The van der Waals surface area contributed by atoms with Crippen LogP contribution in [0.15, 0.2) is 24.7 Å². The fraction of sp³-hybridized carbons (Fsp3) is 0.412. The van der Waals surface area contributed by atoms with Gasteiger partial charge in [0.25, 0.3) is 11.8 Å². The van der Waals surface area contributed by atoms with Crippen molar-refractivity contribution < 1.29 is 26.4 Å². The van der Waals surface area contributed by atoms with Gasteiger partial charge in [0, 0.05) is 24.9 Å². The Bertz CT molecular complexity index is 1110. The van der Waals surface area contributed by atoms with Crippen LogP contribution < -0.4 is 4.90 Å². The molecule has 1 fully saturated rings. The van der Waals surface area contributed by atoms with E-state index < -0.39 is 57.0 Å². The summed E-state index contributed by atoms with van der Waals surface area (Å²) in [5.41, 5.74) is -0.476. The molecule has 162 valence electrons. The van der Waals surface area contributed by atoms with Gasteiger partial charge in [0.2, 0.25) is 0 Å². The van der Waals surface area contributed by atoms with E-state index in [0.29, 0.717) is 0 Å². The van der Waals surface area contributed by atoms with Gasteiger partial charge < -0.3 is 4.90 Å². The lowest BCUT2D eigenvalue weighted by Crippen LogP contribution is -2.39. The number of hydrogen-bond donors (Lipinski definition) is 1. The first-order valence-corrected chi connectivity index (χ1v) is 11.0. The van der Waals surface area contributed by atoms with E-state index in [1.807, 2.05) is 0 Å². The van der Waals surface area contributed by atoms with Gasteiger partial charge in [0.1, 0.15) is 17.2 Å². The Hall–Kier alpha value is -2.47. The molecule has 0 radical (unpaired) electrons. The molecule has 1 aliphatic carbocycles. The van der Waals surface area contributed by atoms with Crippen molar-refractivity contribution in [3.63, 3.8) is 0 Å². The first-order chi connectivity index (χ1) is 13.9. The van der Waals surface area contributed by atoms with E-state index >= 15 is 0 Å². The highest BCUT2D eigenvalue weighted by Gasteiger charge is 2.58. The minimum absolute atomic E-state index is 0.0226. The molecule has 13 heteroatoms. The van der Waals surface area contributed by atoms with E-state index in [1.165, 1.54) is 17.1 Å². The quantitative estimate of drug-likeness (QED) is 0.605. The second-order valence-electron chi connectivity index (χ2n) is 6.86. The first kappa shape index (κ1) is 22.2. The van der Waals surface area contributed by atoms with E-state index in [-0.39, 0.29) is 23.1 Å². The van der Waals surface area contributed by atoms with E-state index in [4.69, 9.17) is 17.0 Å². The summed E-state index contributed by atoms with van der Waals surface area (Å²) in [5.74, 6) is -7.61. The molecule has 1 amide bonds. The Kier molecular flexibility index (Phi) is 5.92. The van der Waals surface area contributed by atoms with Crippen LogP contribution in [0.1, 0.15) is 13.3 Å². The molecule has 1 N–H and O–H groups in total. The highest BCUT2D eigenvalue weighted by atomic mass is 35.5. The molecule has 0 aromatic carbocycles. The minimum Gasteiger partial charge on any atom is -0.303 e. The predicted octanol–water partition coefficient (Wildman–Crippen LogP) is 2.50. The molecule has 0 bridgehead atoms. The second-order valence-corrected chi connectivity index (χ2v) is 9.32. The number of carbonyl (C=O) groups excluding carboxylic acids is 1. The summed E-state index contributed by atoms with van der Waals surface area (Å²) in [4.78, 5) is 17.4. The predicted molar refractivity (Wildman–Crippen MR) is 104 cm³/mol. The summed E-state index contributed by atoms with van der Waals surface area (Å²) in [7, 11) is -4.07. The lowest BCUT2D eigenvalue weighted by molar-refractivity contribution is -0.112. The van der Waals surface area contributed by atoms with Crippen molar-refractivity contribution in [1.29, 1.82) is 5.41 Å². The number of rotatable bonds is 8. The molecule has 30 heavy (non-hydrogen) atoms. The van der Waals surface area contributed by atoms with E-state index in [1.54, 1.807) is 6.92 Å². The maximum Gasteiger partial charge on any atom is 0.273 e. The van der Waals surface area contributed by atoms with Crippen LogP contribution in [0.5, 0.6) is 0 Å². The van der Waals surface area contributed by atoms with Gasteiger partial charge in [-0.3, -0.25) is 15.2 Å². The van der Waals surface area contributed by atoms with Crippen molar-refractivity contribution in [2.75, 3.05) is 23.0 Å². The summed E-state index contributed by atoms with van der Waals surface area (Å²) in [6.07, 6.45) is 3.11. The maximum absolute atomic E-state index is 13.4. The van der Waals surface area contributed by atoms with E-state index in [2.05, 4.69) is 10.1 Å². The Morgan fingerprint density at radius 2 is 2.10 bits per heavy atom. The zero-order valence-electron chi connectivity index (χ0n) is 15.6. The van der Waals surface area contributed by atoms with Gasteiger partial charge in [-0.2, -0.15) is 5.10 Å². The van der Waals surface area contributed by atoms with Crippen molar-refractivity contribution in [2.24, 2.45) is 5.92 Å². The first-order valence-electron chi connectivity index (χ1n) is 8.77. The number of anilines is 1. The molecule has 1 atom stereocenters. The van der Waals surface area contributed by atoms with Crippen LogP contribution in [0.4, 0.5) is 18.9 Å². The molecule has 0 saturated heterocycles. The molecule has 1 aliphatic rings. The number of nitrogens with zero attached hydrogens (tertiary/aromatic N) is 4. The fourth-order valence-corrected chi connectivity index (χ4v) is 4.75. The Labute approximate surface area is 175 Å². The summed E-state index contributed by atoms with van der Waals surface area (Å²) in [5, 5.41) is 11.7. The summed E-state index contributed by atoms with van der Waals surface area (Å²) < 4.78 is 64.7. The Morgan fingerprint density at radius 3 is 2.67 bits per heavy atom. The molecule has 0 spiro atoms. The summed E-state index contributed by atoms with van der Waals surface area (Å²) in [6, 6.07) is 1.14. The molecule has 1 unspecified atom stereocenters. The number of nitrogens with one attached hydrogen (secondary N) is 1. The molecule has 8 nitrogen and oxygen atoms in total. The average molecular weight is 464 g/mol. The molecule has 3 rings (SSSR count). The third kappa shape index (κ3) is 4.81. The number of aromatic nitrogens is 3. The number of carbonyl (C=O) groups is 1. The zero-order chi connectivity index (χ0) is 22.3. The molecular formula is C17H17ClF3N5O3S. The zero-order valence-corrected chi connectivity index (χ0v) is 17.2. The van der Waals surface area contributed by atoms with Crippen molar-refractivity contribution in [2.45, 2.75) is 19.3 Å². The van der Waals surface area contributed by atoms with Gasteiger partial charge in [-0.05, 0) is 6.92 Å². The SMILES string of the molecule is CCN(C(=O)C(=N)CS(=O)(=O)CC1CC1(F)F)c1cn(-c2cncc(F)c2)nc1Cl. The van der Waals surface area contributed by atoms with Gasteiger partial charge in [-0.25, -0.2) is 26.3 Å². The van der Waals surface area contributed by atoms with Gasteiger partial charge >= 0.3 is 0 Å². The Morgan fingerprint density at radius 1 is 1.43 bits per heavy atom. The average Bonchev–Trinajstić information content (AvgIpc) is 3.05. The van der Waals surface area contributed by atoms with Crippen molar-refractivity contribution in [1.82, 2.24) is 14.8 Å². The standard InChI is InChI=1S/C17H17ClF3N5O3S/c1-2-25(14-7-26(24-15(14)18)12-3-11(19)5-23-6-12)16(27)13(22)9-30(28,29)8-10-4-17(10,20)21/h3,5-7,10,22H,2,4,8-9H2,1H3. The Balaban J connectivity index is 1.77. The van der Waals surface area contributed by atoms with Gasteiger partial charge in [-0.1, -0.05) is 11.6 Å². The number of hydrogen-bond acceptors (Lipinski definition) is 6. The van der Waals surface area contributed by atoms with Crippen LogP contribution in [-0.4, -0.2) is 58.8 Å². The van der Waals surface area contributed by atoms with E-state index in [0.717, 1.165) is 17.2 Å². The molecule has 1 saturated carbocycles. The van der Waals surface area contributed by atoms with Gasteiger partial charge in [0.15, 0.2) is 15.0 Å². The maximum atomic E-state index is 13.4.